The molecular formula is C19H26N4O2. The van der Waals surface area contributed by atoms with E-state index in [1.54, 1.807) is 0 Å². The largest absolute Gasteiger partial charge is 0.396 e. The Morgan fingerprint density at radius 1 is 1.36 bits per heavy atom. The number of nitrogens with one attached hydrogen (secondary N) is 2. The summed E-state index contributed by atoms with van der Waals surface area (Å²) < 4.78 is 1.96. The zero-order valence-electron chi connectivity index (χ0n) is 14.8. The molecule has 2 amide bonds. The van der Waals surface area contributed by atoms with Gasteiger partial charge in [-0.3, -0.25) is 4.68 Å². The van der Waals surface area contributed by atoms with Gasteiger partial charge in [-0.25, -0.2) is 4.79 Å². The Morgan fingerprint density at radius 3 is 2.80 bits per heavy atom. The van der Waals surface area contributed by atoms with Gasteiger partial charge in [-0.1, -0.05) is 12.1 Å². The second kappa shape index (κ2) is 7.70. The fourth-order valence-electron chi connectivity index (χ4n) is 3.15. The molecule has 1 aromatic carbocycles. The van der Waals surface area contributed by atoms with Crippen molar-refractivity contribution in [3.8, 4) is 0 Å². The first-order chi connectivity index (χ1) is 12.0. The summed E-state index contributed by atoms with van der Waals surface area (Å²) in [6, 6.07) is 9.70. The molecular weight excluding hydrogens is 316 g/mol. The molecule has 0 saturated heterocycles. The van der Waals surface area contributed by atoms with Crippen LogP contribution >= 0.6 is 0 Å². The Labute approximate surface area is 148 Å². The van der Waals surface area contributed by atoms with Crippen molar-refractivity contribution in [1.82, 2.24) is 15.1 Å². The van der Waals surface area contributed by atoms with E-state index in [2.05, 4.69) is 21.8 Å². The van der Waals surface area contributed by atoms with Crippen LogP contribution in [0, 0.1) is 19.8 Å². The summed E-state index contributed by atoms with van der Waals surface area (Å²) in [5.74, 6) is 0.510. The maximum absolute atomic E-state index is 12.2. The molecule has 6 heteroatoms. The normalized spacial score (nSPS) is 15.0. The zero-order chi connectivity index (χ0) is 17.8. The van der Waals surface area contributed by atoms with E-state index >= 15 is 0 Å². The molecule has 6 nitrogen and oxygen atoms in total. The number of hydrogen-bond donors (Lipinski definition) is 3. The van der Waals surface area contributed by atoms with Gasteiger partial charge in [0.05, 0.1) is 12.2 Å². The van der Waals surface area contributed by atoms with Crippen LogP contribution in [0.1, 0.15) is 36.2 Å². The monoisotopic (exact) mass is 342 g/mol. The highest BCUT2D eigenvalue weighted by molar-refractivity contribution is 5.89. The Hall–Kier alpha value is -2.34. The molecule has 3 N–H and O–H groups in total. The Balaban J connectivity index is 1.61. The summed E-state index contributed by atoms with van der Waals surface area (Å²) in [7, 11) is 0. The molecule has 25 heavy (non-hydrogen) atoms. The topological polar surface area (TPSA) is 79.2 Å². The number of carbonyl (C=O) groups is 1. The molecule has 134 valence electrons. The molecule has 3 rings (SSSR count). The maximum atomic E-state index is 12.2. The van der Waals surface area contributed by atoms with Crippen LogP contribution in [0.2, 0.25) is 0 Å². The molecule has 1 atom stereocenters. The summed E-state index contributed by atoms with van der Waals surface area (Å²) in [5.41, 5.74) is 3.96. The van der Waals surface area contributed by atoms with Crippen LogP contribution in [0.5, 0.6) is 0 Å². The molecule has 0 spiro atoms. The number of hydrogen-bond acceptors (Lipinski definition) is 3. The van der Waals surface area contributed by atoms with Crippen LogP contribution in [-0.4, -0.2) is 33.6 Å². The summed E-state index contributed by atoms with van der Waals surface area (Å²) in [6.07, 6.45) is 2.86. The van der Waals surface area contributed by atoms with Crippen molar-refractivity contribution in [2.75, 3.05) is 11.9 Å². The molecule has 0 radical (unpaired) electrons. The van der Waals surface area contributed by atoms with Crippen LogP contribution in [-0.2, 0) is 6.54 Å². The number of carbonyl (C=O) groups excluding carboxylic acids is 1. The Kier molecular flexibility index (Phi) is 5.38. The van der Waals surface area contributed by atoms with Crippen molar-refractivity contribution in [2.24, 2.45) is 5.92 Å². The van der Waals surface area contributed by atoms with E-state index in [-0.39, 0.29) is 18.7 Å². The number of urea groups is 1. The lowest BCUT2D eigenvalue weighted by Crippen LogP contribution is -2.39. The van der Waals surface area contributed by atoms with Gasteiger partial charge in [-0.2, -0.15) is 5.10 Å². The van der Waals surface area contributed by atoms with Crippen molar-refractivity contribution in [3.63, 3.8) is 0 Å². The lowest BCUT2D eigenvalue weighted by molar-refractivity contribution is 0.234. The van der Waals surface area contributed by atoms with Crippen molar-refractivity contribution in [1.29, 1.82) is 0 Å². The molecule has 0 bridgehead atoms. The van der Waals surface area contributed by atoms with Gasteiger partial charge in [-0.15, -0.1) is 0 Å². The van der Waals surface area contributed by atoms with Crippen LogP contribution in [0.15, 0.2) is 30.3 Å². The number of aliphatic hydroxyl groups excluding tert-OH is 1. The first kappa shape index (κ1) is 17.5. The van der Waals surface area contributed by atoms with E-state index in [4.69, 9.17) is 5.11 Å². The number of aliphatic hydroxyl groups is 1. The summed E-state index contributed by atoms with van der Waals surface area (Å²) in [4.78, 5) is 12.2. The molecule has 0 unspecified atom stereocenters. The van der Waals surface area contributed by atoms with E-state index in [0.717, 1.165) is 35.5 Å². The number of nitrogens with zero attached hydrogens (tertiary/aromatic N) is 2. The minimum atomic E-state index is -0.214. The van der Waals surface area contributed by atoms with Crippen molar-refractivity contribution in [3.05, 3.63) is 47.3 Å². The molecule has 1 saturated carbocycles. The van der Waals surface area contributed by atoms with E-state index in [9.17, 15) is 4.79 Å². The molecule has 1 fully saturated rings. The van der Waals surface area contributed by atoms with E-state index in [0.29, 0.717) is 18.9 Å². The third kappa shape index (κ3) is 4.82. The standard InChI is InChI=1S/C19H26N4O2/c1-13-10-14(2)23(22-13)12-15-4-3-5-17(11-15)20-19(25)21-18(8-9-24)16-6-7-16/h3-5,10-11,16,18,24H,6-9,12H2,1-2H3,(H2,20,21,25)/t18-/m1/s1. The molecule has 1 heterocycles. The van der Waals surface area contributed by atoms with E-state index in [1.165, 1.54) is 0 Å². The van der Waals surface area contributed by atoms with Crippen LogP contribution < -0.4 is 10.6 Å². The van der Waals surface area contributed by atoms with Gasteiger partial charge in [0.2, 0.25) is 0 Å². The van der Waals surface area contributed by atoms with Gasteiger partial charge in [0.25, 0.3) is 0 Å². The van der Waals surface area contributed by atoms with E-state index < -0.39 is 0 Å². The number of benzene rings is 1. The average Bonchev–Trinajstić information content (AvgIpc) is 3.34. The number of rotatable bonds is 7. The minimum absolute atomic E-state index is 0.0582. The SMILES string of the molecule is Cc1cc(C)n(Cc2cccc(NC(=O)N[C@H](CCO)C3CC3)c2)n1. The molecule has 2 aromatic rings. The quantitative estimate of drug-likeness (QED) is 0.724. The number of aryl methyl sites for hydroxylation is 2. The minimum Gasteiger partial charge on any atom is -0.396 e. The zero-order valence-corrected chi connectivity index (χ0v) is 14.8. The van der Waals surface area contributed by atoms with Gasteiger partial charge >= 0.3 is 6.03 Å². The first-order valence-electron chi connectivity index (χ1n) is 8.83. The van der Waals surface area contributed by atoms with Crippen molar-refractivity contribution in [2.45, 2.75) is 45.7 Å². The molecule has 1 aliphatic carbocycles. The molecule has 1 aromatic heterocycles. The highest BCUT2D eigenvalue weighted by Crippen LogP contribution is 2.33. The number of anilines is 1. The fraction of sp³-hybridized carbons (Fsp3) is 0.474. The van der Waals surface area contributed by atoms with Crippen molar-refractivity contribution >= 4 is 11.7 Å². The van der Waals surface area contributed by atoms with Crippen LogP contribution in [0.25, 0.3) is 0 Å². The number of aromatic nitrogens is 2. The second-order valence-electron chi connectivity index (χ2n) is 6.84. The first-order valence-corrected chi connectivity index (χ1v) is 8.83. The highest BCUT2D eigenvalue weighted by atomic mass is 16.3. The smallest absolute Gasteiger partial charge is 0.319 e. The summed E-state index contributed by atoms with van der Waals surface area (Å²) in [5, 5.41) is 19.5. The van der Waals surface area contributed by atoms with Crippen LogP contribution in [0.4, 0.5) is 10.5 Å². The Bertz CT molecular complexity index is 737. The Morgan fingerprint density at radius 2 is 2.16 bits per heavy atom. The highest BCUT2D eigenvalue weighted by Gasteiger charge is 2.31. The lowest BCUT2D eigenvalue weighted by Gasteiger charge is -2.17. The molecule has 1 aliphatic rings. The third-order valence-corrected chi connectivity index (χ3v) is 4.57. The molecule has 0 aliphatic heterocycles. The summed E-state index contributed by atoms with van der Waals surface area (Å²) >= 11 is 0. The van der Waals surface area contributed by atoms with Crippen LogP contribution in [0.3, 0.4) is 0 Å². The number of amides is 2. The van der Waals surface area contributed by atoms with Gasteiger partial charge in [0, 0.05) is 24.0 Å². The predicted octanol–water partition coefficient (Wildman–Crippen LogP) is 2.83. The maximum Gasteiger partial charge on any atom is 0.319 e. The fourth-order valence-corrected chi connectivity index (χ4v) is 3.15. The van der Waals surface area contributed by atoms with Crippen molar-refractivity contribution < 1.29 is 9.90 Å². The second-order valence-corrected chi connectivity index (χ2v) is 6.84. The summed E-state index contributed by atoms with van der Waals surface area (Å²) in [6.45, 7) is 4.79. The van der Waals surface area contributed by atoms with Gasteiger partial charge in [0.1, 0.15) is 0 Å². The average molecular weight is 342 g/mol. The third-order valence-electron chi connectivity index (χ3n) is 4.57. The van der Waals surface area contributed by atoms with Gasteiger partial charge in [-0.05, 0) is 62.8 Å². The lowest BCUT2D eigenvalue weighted by atomic mass is 10.1. The van der Waals surface area contributed by atoms with Gasteiger partial charge < -0.3 is 15.7 Å². The van der Waals surface area contributed by atoms with E-state index in [1.807, 2.05) is 42.8 Å². The van der Waals surface area contributed by atoms with Gasteiger partial charge in [0.15, 0.2) is 0 Å². The predicted molar refractivity (Wildman–Crippen MR) is 97.6 cm³/mol.